The zero-order chi connectivity index (χ0) is 11.7. The smallest absolute Gasteiger partial charge is 0.312 e. The Morgan fingerprint density at radius 1 is 1.44 bits per heavy atom. The van der Waals surface area contributed by atoms with Crippen LogP contribution >= 0.6 is 0 Å². The van der Waals surface area contributed by atoms with E-state index in [1.54, 1.807) is 0 Å². The van der Waals surface area contributed by atoms with Crippen molar-refractivity contribution in [2.75, 3.05) is 0 Å². The fraction of sp³-hybridized carbons (Fsp3) is 0. The second kappa shape index (κ2) is 3.61. The van der Waals surface area contributed by atoms with Crippen LogP contribution in [0.25, 0.3) is 5.69 Å². The number of nitrogens with zero attached hydrogens (tertiary/aromatic N) is 2. The maximum Gasteiger partial charge on any atom is 0.330 e. The van der Waals surface area contributed by atoms with Gasteiger partial charge in [0.2, 0.25) is 0 Å². The summed E-state index contributed by atoms with van der Waals surface area (Å²) in [6.45, 7) is 0. The van der Waals surface area contributed by atoms with Gasteiger partial charge >= 0.3 is 5.69 Å². The van der Waals surface area contributed by atoms with Gasteiger partial charge < -0.3 is 4.98 Å². The van der Waals surface area contributed by atoms with E-state index in [9.17, 15) is 19.3 Å². The van der Waals surface area contributed by atoms with Gasteiger partial charge in [0.15, 0.2) is 5.82 Å². The predicted octanol–water partition coefficient (Wildman–Crippen LogP) is 1.21. The lowest BCUT2D eigenvalue weighted by Gasteiger charge is -2.01. The third kappa shape index (κ3) is 1.58. The lowest BCUT2D eigenvalue weighted by Crippen LogP contribution is -2.15. The summed E-state index contributed by atoms with van der Waals surface area (Å²) < 4.78 is 14.5. The summed E-state index contributed by atoms with van der Waals surface area (Å²) in [6.07, 6.45) is 2.69. The molecule has 0 radical (unpaired) electrons. The van der Waals surface area contributed by atoms with Crippen molar-refractivity contribution in [1.82, 2.24) is 9.55 Å². The van der Waals surface area contributed by atoms with E-state index in [2.05, 4.69) is 4.98 Å². The molecule has 1 N–H and O–H groups in total. The summed E-state index contributed by atoms with van der Waals surface area (Å²) >= 11 is 0. The van der Waals surface area contributed by atoms with Crippen LogP contribution < -0.4 is 5.69 Å². The lowest BCUT2D eigenvalue weighted by atomic mass is 10.2. The van der Waals surface area contributed by atoms with Crippen LogP contribution in [0, 0.1) is 15.9 Å². The van der Waals surface area contributed by atoms with Crippen LogP contribution in [-0.2, 0) is 0 Å². The minimum Gasteiger partial charge on any atom is -0.312 e. The SMILES string of the molecule is O=c1[nH]ccn1-c1ccc([N+](=O)[O-])cc1F. The largest absolute Gasteiger partial charge is 0.330 e. The van der Waals surface area contributed by atoms with E-state index in [0.717, 1.165) is 16.7 Å². The Balaban J connectivity index is 2.57. The van der Waals surface area contributed by atoms with Crippen molar-refractivity contribution in [2.45, 2.75) is 0 Å². The number of hydrogen-bond donors (Lipinski definition) is 1. The van der Waals surface area contributed by atoms with Crippen LogP contribution in [0.5, 0.6) is 0 Å². The first-order valence-electron chi connectivity index (χ1n) is 4.30. The maximum atomic E-state index is 13.5. The number of benzene rings is 1. The molecule has 82 valence electrons. The topological polar surface area (TPSA) is 80.9 Å². The monoisotopic (exact) mass is 223 g/mol. The third-order valence-electron chi connectivity index (χ3n) is 2.05. The fourth-order valence-electron chi connectivity index (χ4n) is 1.31. The Labute approximate surface area is 88.1 Å². The Bertz CT molecular complexity index is 602. The van der Waals surface area contributed by atoms with E-state index >= 15 is 0 Å². The van der Waals surface area contributed by atoms with Crippen molar-refractivity contribution < 1.29 is 9.31 Å². The van der Waals surface area contributed by atoms with Gasteiger partial charge in [-0.2, -0.15) is 0 Å². The Kier molecular flexibility index (Phi) is 2.28. The highest BCUT2D eigenvalue weighted by atomic mass is 19.1. The Hall–Kier alpha value is -2.44. The minimum atomic E-state index is -0.823. The first-order valence-corrected chi connectivity index (χ1v) is 4.30. The first kappa shape index (κ1) is 10.1. The predicted molar refractivity (Wildman–Crippen MR) is 53.0 cm³/mol. The molecular weight excluding hydrogens is 217 g/mol. The number of hydrogen-bond acceptors (Lipinski definition) is 3. The molecule has 2 aromatic rings. The molecule has 0 aliphatic heterocycles. The standard InChI is InChI=1S/C9H6FN3O3/c10-7-5-6(13(15)16)1-2-8(7)12-4-3-11-9(12)14/h1-5H,(H,11,14). The highest BCUT2D eigenvalue weighted by Crippen LogP contribution is 2.18. The number of nitro groups is 1. The number of halogens is 1. The molecule has 0 fully saturated rings. The number of imidazole rings is 1. The summed E-state index contributed by atoms with van der Waals surface area (Å²) in [5.74, 6) is -0.823. The summed E-state index contributed by atoms with van der Waals surface area (Å²) in [4.78, 5) is 23.2. The third-order valence-corrected chi connectivity index (χ3v) is 2.05. The van der Waals surface area contributed by atoms with Crippen molar-refractivity contribution in [3.63, 3.8) is 0 Å². The van der Waals surface area contributed by atoms with Gasteiger partial charge in [-0.25, -0.2) is 9.18 Å². The molecule has 0 bridgehead atoms. The molecule has 0 saturated heterocycles. The van der Waals surface area contributed by atoms with Gasteiger partial charge in [-0.15, -0.1) is 0 Å². The summed E-state index contributed by atoms with van der Waals surface area (Å²) in [7, 11) is 0. The fourth-order valence-corrected chi connectivity index (χ4v) is 1.31. The zero-order valence-corrected chi connectivity index (χ0v) is 7.88. The first-order chi connectivity index (χ1) is 7.59. The van der Waals surface area contributed by atoms with E-state index in [1.807, 2.05) is 0 Å². The summed E-state index contributed by atoms with van der Waals surface area (Å²) in [6, 6.07) is 3.09. The normalized spacial score (nSPS) is 10.3. The number of nitro benzene ring substituents is 1. The zero-order valence-electron chi connectivity index (χ0n) is 7.88. The average molecular weight is 223 g/mol. The number of H-pyrrole nitrogens is 1. The molecule has 0 spiro atoms. The molecule has 1 aromatic heterocycles. The van der Waals surface area contributed by atoms with Crippen molar-refractivity contribution >= 4 is 5.69 Å². The molecule has 0 amide bonds. The quantitative estimate of drug-likeness (QED) is 0.613. The molecule has 0 atom stereocenters. The van der Waals surface area contributed by atoms with Gasteiger partial charge in [-0.1, -0.05) is 0 Å². The molecule has 7 heteroatoms. The molecule has 16 heavy (non-hydrogen) atoms. The van der Waals surface area contributed by atoms with Crippen molar-refractivity contribution in [3.05, 3.63) is 57.0 Å². The maximum absolute atomic E-state index is 13.5. The van der Waals surface area contributed by atoms with Crippen LogP contribution in [-0.4, -0.2) is 14.5 Å². The van der Waals surface area contributed by atoms with E-state index in [1.165, 1.54) is 18.5 Å². The molecular formula is C9H6FN3O3. The molecule has 1 heterocycles. The molecule has 0 aliphatic carbocycles. The molecule has 1 aromatic carbocycles. The second-order valence-corrected chi connectivity index (χ2v) is 3.03. The molecule has 0 saturated carbocycles. The minimum absolute atomic E-state index is 0.0307. The number of aromatic nitrogens is 2. The van der Waals surface area contributed by atoms with Crippen LogP contribution in [0.15, 0.2) is 35.4 Å². The van der Waals surface area contributed by atoms with Crippen LogP contribution in [0.3, 0.4) is 0 Å². The summed E-state index contributed by atoms with van der Waals surface area (Å²) in [5.41, 5.74) is -0.894. The number of rotatable bonds is 2. The molecule has 0 unspecified atom stereocenters. The number of aromatic amines is 1. The van der Waals surface area contributed by atoms with Crippen molar-refractivity contribution in [1.29, 1.82) is 0 Å². The number of non-ortho nitro benzene ring substituents is 1. The van der Waals surface area contributed by atoms with E-state index in [-0.39, 0.29) is 11.4 Å². The Morgan fingerprint density at radius 2 is 2.19 bits per heavy atom. The lowest BCUT2D eigenvalue weighted by molar-refractivity contribution is -0.385. The van der Waals surface area contributed by atoms with Crippen molar-refractivity contribution in [2.24, 2.45) is 0 Å². The van der Waals surface area contributed by atoms with Gasteiger partial charge in [0.05, 0.1) is 16.7 Å². The highest BCUT2D eigenvalue weighted by Gasteiger charge is 2.12. The van der Waals surface area contributed by atoms with Gasteiger partial charge in [-0.3, -0.25) is 14.7 Å². The molecule has 0 aliphatic rings. The second-order valence-electron chi connectivity index (χ2n) is 3.03. The van der Waals surface area contributed by atoms with Crippen LogP contribution in [0.2, 0.25) is 0 Å². The van der Waals surface area contributed by atoms with Gasteiger partial charge in [0, 0.05) is 18.5 Å². The summed E-state index contributed by atoms with van der Waals surface area (Å²) in [5, 5.41) is 10.4. The van der Waals surface area contributed by atoms with Crippen LogP contribution in [0.1, 0.15) is 0 Å². The Morgan fingerprint density at radius 3 is 2.69 bits per heavy atom. The van der Waals surface area contributed by atoms with Gasteiger partial charge in [0.1, 0.15) is 0 Å². The van der Waals surface area contributed by atoms with Crippen molar-refractivity contribution in [3.8, 4) is 5.69 Å². The van der Waals surface area contributed by atoms with Crippen LogP contribution in [0.4, 0.5) is 10.1 Å². The highest BCUT2D eigenvalue weighted by molar-refractivity contribution is 5.42. The van der Waals surface area contributed by atoms with E-state index in [4.69, 9.17) is 0 Å². The van der Waals surface area contributed by atoms with E-state index in [0.29, 0.717) is 0 Å². The van der Waals surface area contributed by atoms with Gasteiger partial charge in [-0.05, 0) is 6.07 Å². The number of nitrogens with one attached hydrogen (secondary N) is 1. The molecule has 2 rings (SSSR count). The van der Waals surface area contributed by atoms with Gasteiger partial charge in [0.25, 0.3) is 5.69 Å². The van der Waals surface area contributed by atoms with E-state index < -0.39 is 16.4 Å². The molecule has 6 nitrogen and oxygen atoms in total. The average Bonchev–Trinajstić information content (AvgIpc) is 2.64.